The number of hydrazine groups is 1. The first kappa shape index (κ1) is 28.2. The Morgan fingerprint density at radius 2 is 2.08 bits per heavy atom. The summed E-state index contributed by atoms with van der Waals surface area (Å²) in [6.45, 7) is 8.24. The van der Waals surface area contributed by atoms with Gasteiger partial charge in [0.25, 0.3) is 0 Å². The molecule has 3 saturated carbocycles. The normalized spacial score (nSPS) is 46.7. The lowest BCUT2D eigenvalue weighted by Gasteiger charge is -2.61. The zero-order valence-electron chi connectivity index (χ0n) is 23.2. The molecular formula is C28H42FN3O5S. The maximum absolute atomic E-state index is 16.1. The van der Waals surface area contributed by atoms with Crippen molar-refractivity contribution in [2.45, 2.75) is 82.8 Å². The fourth-order valence-electron chi connectivity index (χ4n) is 8.78. The molecule has 10 heteroatoms. The molecule has 8 nitrogen and oxygen atoms in total. The van der Waals surface area contributed by atoms with Gasteiger partial charge in [-0.05, 0) is 62.7 Å². The van der Waals surface area contributed by atoms with Gasteiger partial charge in [0.05, 0.1) is 12.2 Å². The first-order chi connectivity index (χ1) is 17.8. The molecule has 0 spiro atoms. The monoisotopic (exact) mass is 551 g/mol. The number of aliphatic hydroxyl groups is 1. The van der Waals surface area contributed by atoms with Gasteiger partial charge in [0.1, 0.15) is 36.4 Å². The van der Waals surface area contributed by atoms with Crippen molar-refractivity contribution in [1.29, 1.82) is 0 Å². The highest BCUT2D eigenvalue weighted by atomic mass is 32.1. The molecule has 0 radical (unpaired) electrons. The van der Waals surface area contributed by atoms with Crippen LogP contribution in [0.1, 0.15) is 47.0 Å². The molecule has 4 fully saturated rings. The van der Waals surface area contributed by atoms with Crippen LogP contribution in [0.4, 0.5) is 4.39 Å². The second-order valence-electron chi connectivity index (χ2n) is 12.8. The lowest BCUT2D eigenvalue weighted by molar-refractivity contribution is -0.236. The molecule has 5 aliphatic rings. The van der Waals surface area contributed by atoms with Gasteiger partial charge in [0.15, 0.2) is 5.79 Å². The van der Waals surface area contributed by atoms with E-state index in [1.165, 1.54) is 0 Å². The number of allylic oxidation sites excluding steroid dienone is 4. The average Bonchev–Trinajstić information content (AvgIpc) is 3.23. The lowest BCUT2D eigenvalue weighted by atomic mass is 9.45. The van der Waals surface area contributed by atoms with E-state index in [0.717, 1.165) is 6.29 Å². The maximum atomic E-state index is 16.1. The van der Waals surface area contributed by atoms with Crippen LogP contribution in [0.2, 0.25) is 0 Å². The SMILES string of the molecule is CN(C)NC(C=O)[C@@]12OC(C)(C)O[C@@H]1C[C@H]1[C@@H]3C[C@H](F)C4=CC(=NOCCS)C=C[C@]4(C)[C@H]3[C@@H](O)C[C@@]12C. The van der Waals surface area contributed by atoms with Gasteiger partial charge in [-0.15, -0.1) is 0 Å². The number of nitrogens with zero attached hydrogens (tertiary/aromatic N) is 2. The van der Waals surface area contributed by atoms with Crippen LogP contribution in [0.3, 0.4) is 0 Å². The van der Waals surface area contributed by atoms with E-state index in [1.807, 2.05) is 47.0 Å². The van der Waals surface area contributed by atoms with E-state index in [1.54, 1.807) is 11.1 Å². The summed E-state index contributed by atoms with van der Waals surface area (Å²) in [7, 11) is 3.67. The highest BCUT2D eigenvalue weighted by Crippen LogP contribution is 2.71. The number of carbonyl (C=O) groups excluding carboxylic acids is 1. The Morgan fingerprint density at radius 3 is 2.74 bits per heavy atom. The topological polar surface area (TPSA) is 92.6 Å². The number of thiol groups is 1. The van der Waals surface area contributed by atoms with Crippen LogP contribution in [-0.2, 0) is 19.1 Å². The third-order valence-corrected chi connectivity index (χ3v) is 10.1. The van der Waals surface area contributed by atoms with Crippen molar-refractivity contribution in [3.05, 3.63) is 23.8 Å². The second-order valence-corrected chi connectivity index (χ2v) is 13.2. The molecule has 10 atom stereocenters. The molecule has 0 amide bonds. The third kappa shape index (κ3) is 4.05. The fraction of sp³-hybridized carbons (Fsp3) is 0.786. The molecule has 1 aliphatic heterocycles. The van der Waals surface area contributed by atoms with Gasteiger partial charge < -0.3 is 24.2 Å². The smallest absolute Gasteiger partial charge is 0.164 e. The Labute approximate surface area is 230 Å². The Morgan fingerprint density at radius 1 is 1.34 bits per heavy atom. The molecule has 2 N–H and O–H groups in total. The van der Waals surface area contributed by atoms with E-state index in [4.69, 9.17) is 14.3 Å². The van der Waals surface area contributed by atoms with Crippen molar-refractivity contribution in [3.63, 3.8) is 0 Å². The number of carbonyl (C=O) groups is 1. The molecule has 0 aromatic carbocycles. The van der Waals surface area contributed by atoms with Crippen LogP contribution in [0.25, 0.3) is 0 Å². The summed E-state index contributed by atoms with van der Waals surface area (Å²) < 4.78 is 29.3. The van der Waals surface area contributed by atoms with E-state index < -0.39 is 40.5 Å². The Hall–Kier alpha value is -1.30. The number of oxime groups is 1. The van der Waals surface area contributed by atoms with Gasteiger partial charge in [0.2, 0.25) is 0 Å². The van der Waals surface area contributed by atoms with E-state index in [9.17, 15) is 9.90 Å². The minimum absolute atomic E-state index is 0.00206. The van der Waals surface area contributed by atoms with Crippen LogP contribution < -0.4 is 5.43 Å². The largest absolute Gasteiger partial charge is 0.394 e. The summed E-state index contributed by atoms with van der Waals surface area (Å²) in [5, 5.41) is 17.8. The van der Waals surface area contributed by atoms with Crippen LogP contribution in [0.5, 0.6) is 0 Å². The number of aliphatic hydroxyl groups excluding tert-OH is 1. The molecule has 1 unspecified atom stereocenters. The van der Waals surface area contributed by atoms with Crippen LogP contribution in [0.15, 0.2) is 29.0 Å². The van der Waals surface area contributed by atoms with Crippen molar-refractivity contribution < 1.29 is 28.6 Å². The van der Waals surface area contributed by atoms with Crippen molar-refractivity contribution in [3.8, 4) is 0 Å². The van der Waals surface area contributed by atoms with Gasteiger partial charge in [-0.2, -0.15) is 12.6 Å². The summed E-state index contributed by atoms with van der Waals surface area (Å²) in [6.07, 6.45) is 5.61. The summed E-state index contributed by atoms with van der Waals surface area (Å²) in [5.41, 5.74) is 2.17. The average molecular weight is 552 g/mol. The number of aldehydes is 1. The van der Waals surface area contributed by atoms with Crippen LogP contribution in [0, 0.1) is 28.6 Å². The Balaban J connectivity index is 1.54. The number of nitrogens with one attached hydrogen (secondary N) is 1. The first-order valence-corrected chi connectivity index (χ1v) is 14.3. The van der Waals surface area contributed by atoms with E-state index in [-0.39, 0.29) is 23.9 Å². The molecule has 1 heterocycles. The van der Waals surface area contributed by atoms with Gasteiger partial charge in [-0.25, -0.2) is 14.8 Å². The predicted octanol–water partition coefficient (Wildman–Crippen LogP) is 3.08. The summed E-state index contributed by atoms with van der Waals surface area (Å²) in [4.78, 5) is 17.9. The fourth-order valence-corrected chi connectivity index (χ4v) is 8.86. The predicted molar refractivity (Wildman–Crippen MR) is 145 cm³/mol. The van der Waals surface area contributed by atoms with E-state index in [2.05, 4.69) is 30.1 Å². The summed E-state index contributed by atoms with van der Waals surface area (Å²) in [6, 6.07) is -0.690. The van der Waals surface area contributed by atoms with Crippen molar-refractivity contribution in [2.75, 3.05) is 26.5 Å². The van der Waals surface area contributed by atoms with Gasteiger partial charge >= 0.3 is 0 Å². The molecule has 38 heavy (non-hydrogen) atoms. The van der Waals surface area contributed by atoms with Crippen LogP contribution in [-0.4, -0.2) is 84.4 Å². The quantitative estimate of drug-likeness (QED) is 0.194. The molecule has 4 aliphatic carbocycles. The molecule has 1 saturated heterocycles. The summed E-state index contributed by atoms with van der Waals surface area (Å²) in [5.74, 6) is -0.644. The lowest BCUT2D eigenvalue weighted by Crippen LogP contribution is -2.69. The second kappa shape index (κ2) is 9.66. The zero-order valence-corrected chi connectivity index (χ0v) is 24.1. The Bertz CT molecular complexity index is 1050. The van der Waals surface area contributed by atoms with Crippen molar-refractivity contribution >= 4 is 24.6 Å². The molecule has 5 rings (SSSR count). The standard InChI is InChI=1S/C28H42FN3O5S/c1-25(2)36-23-13-18-17-12-20(29)19-11-16(31-35-9-10-38)7-8-26(19,3)24(17)21(34)14-27(18,4)28(23,37-25)22(15-33)30-32(5)6/h7-8,11,15,17-18,20-24,30,34,38H,9-10,12-14H2,1-6H3/t17-,18-,20-,21-,22?,23+,24+,26-,27-,28+/m0/s1. The van der Waals surface area contributed by atoms with Gasteiger partial charge in [-0.1, -0.05) is 25.1 Å². The number of fused-ring (bicyclic) bond motifs is 7. The minimum Gasteiger partial charge on any atom is -0.394 e. The van der Waals surface area contributed by atoms with Crippen LogP contribution >= 0.6 is 12.6 Å². The molecule has 0 aromatic heterocycles. The molecule has 0 bridgehead atoms. The van der Waals surface area contributed by atoms with Gasteiger partial charge in [-0.3, -0.25) is 0 Å². The molecular weight excluding hydrogens is 509 g/mol. The zero-order chi connectivity index (χ0) is 27.7. The number of hydrogen-bond acceptors (Lipinski definition) is 9. The molecule has 0 aromatic rings. The van der Waals surface area contributed by atoms with E-state index in [0.29, 0.717) is 42.9 Å². The third-order valence-electron chi connectivity index (χ3n) is 9.91. The van der Waals surface area contributed by atoms with Crippen molar-refractivity contribution in [2.24, 2.45) is 33.7 Å². The van der Waals surface area contributed by atoms with Gasteiger partial charge in [0, 0.05) is 36.6 Å². The maximum Gasteiger partial charge on any atom is 0.164 e. The number of rotatable bonds is 7. The van der Waals surface area contributed by atoms with Crippen molar-refractivity contribution in [1.82, 2.24) is 10.4 Å². The Kier molecular flexibility index (Phi) is 7.18. The van der Waals surface area contributed by atoms with E-state index >= 15 is 4.39 Å². The highest BCUT2D eigenvalue weighted by molar-refractivity contribution is 7.80. The first-order valence-electron chi connectivity index (χ1n) is 13.6. The number of alkyl halides is 1. The highest BCUT2D eigenvalue weighted by Gasteiger charge is 2.77. The molecule has 212 valence electrons. The number of hydrogen-bond donors (Lipinski definition) is 3. The number of ether oxygens (including phenoxy) is 2. The number of halogens is 1. The minimum atomic E-state index is -1.19. The summed E-state index contributed by atoms with van der Waals surface area (Å²) >= 11 is 4.13.